The molecule has 0 N–H and O–H groups in total. The van der Waals surface area contributed by atoms with Crippen molar-refractivity contribution in [2.75, 3.05) is 0 Å². The van der Waals surface area contributed by atoms with Gasteiger partial charge in [0.15, 0.2) is 0 Å². The second kappa shape index (κ2) is 4.76. The van der Waals surface area contributed by atoms with E-state index < -0.39 is 0 Å². The molecular weight excluding hydrogens is 264 g/mol. The predicted octanol–water partition coefficient (Wildman–Crippen LogP) is 5.91. The summed E-state index contributed by atoms with van der Waals surface area (Å²) >= 11 is 0. The van der Waals surface area contributed by atoms with Gasteiger partial charge in [-0.15, -0.1) is 0 Å². The Hall–Kier alpha value is 0. The summed E-state index contributed by atoms with van der Waals surface area (Å²) in [6, 6.07) is 0. The van der Waals surface area contributed by atoms with Gasteiger partial charge in [0.05, 0.1) is 0 Å². The molecule has 6 fully saturated rings. The molecule has 0 aromatic carbocycles. The Labute approximate surface area is 136 Å². The zero-order chi connectivity index (χ0) is 14.3. The van der Waals surface area contributed by atoms with Gasteiger partial charge < -0.3 is 0 Å². The fraction of sp³-hybridized carbons (Fsp3) is 1.00. The third-order valence-corrected chi connectivity index (χ3v) is 9.94. The maximum Gasteiger partial charge on any atom is -0.0318 e. The summed E-state index contributed by atoms with van der Waals surface area (Å²) in [5.41, 5.74) is 0. The maximum atomic E-state index is 1.64. The molecule has 0 aromatic rings. The molecule has 4 atom stereocenters. The molecule has 6 saturated carbocycles. The van der Waals surface area contributed by atoms with Gasteiger partial charge in [-0.25, -0.2) is 0 Å². The fourth-order valence-corrected chi connectivity index (χ4v) is 9.90. The second-order valence-corrected chi connectivity index (χ2v) is 10.2. The van der Waals surface area contributed by atoms with E-state index in [2.05, 4.69) is 0 Å². The van der Waals surface area contributed by atoms with Crippen LogP contribution in [0.4, 0.5) is 0 Å². The molecule has 0 spiro atoms. The van der Waals surface area contributed by atoms with Crippen molar-refractivity contribution in [3.8, 4) is 0 Å². The lowest BCUT2D eigenvalue weighted by molar-refractivity contribution is 0.0145. The third-order valence-electron chi connectivity index (χ3n) is 9.94. The van der Waals surface area contributed by atoms with Crippen LogP contribution in [0.25, 0.3) is 0 Å². The van der Waals surface area contributed by atoms with Crippen molar-refractivity contribution in [3.63, 3.8) is 0 Å². The summed E-state index contributed by atoms with van der Waals surface area (Å²) in [6.07, 6.45) is 19.4. The Kier molecular flexibility index (Phi) is 2.88. The quantitative estimate of drug-likeness (QED) is 0.521. The molecular formula is C22H34. The first-order valence-corrected chi connectivity index (χ1v) is 10.9. The van der Waals surface area contributed by atoms with Crippen molar-refractivity contribution >= 4 is 0 Å². The van der Waals surface area contributed by atoms with Crippen LogP contribution >= 0.6 is 0 Å². The third kappa shape index (κ3) is 1.56. The minimum absolute atomic E-state index is 1.17. The van der Waals surface area contributed by atoms with Crippen LogP contribution in [0.3, 0.4) is 0 Å². The summed E-state index contributed by atoms with van der Waals surface area (Å²) in [5.74, 6) is 12.0. The standard InChI is InChI=1S/C22H34/c1-5-13-6-2-10-16-19(13)15(9-1)21-17-11-3-7-14-8-4-12-18(20(14)17)22(16)21/h13-22H,1-12H2. The monoisotopic (exact) mass is 298 g/mol. The van der Waals surface area contributed by atoms with Gasteiger partial charge in [0, 0.05) is 0 Å². The lowest BCUT2D eigenvalue weighted by atomic mass is 9.57. The van der Waals surface area contributed by atoms with Gasteiger partial charge in [-0.05, 0) is 84.9 Å². The van der Waals surface area contributed by atoms with Gasteiger partial charge in [-0.1, -0.05) is 51.4 Å². The Morgan fingerprint density at radius 1 is 0.318 bits per heavy atom. The summed E-state index contributed by atoms with van der Waals surface area (Å²) < 4.78 is 0. The first kappa shape index (κ1) is 13.3. The molecule has 0 heterocycles. The molecule has 0 aromatic heterocycles. The molecule has 4 unspecified atom stereocenters. The van der Waals surface area contributed by atoms with E-state index in [9.17, 15) is 0 Å². The number of hydrogen-bond donors (Lipinski definition) is 0. The Morgan fingerprint density at radius 3 is 0.955 bits per heavy atom. The molecule has 0 amide bonds. The SMILES string of the molecule is C1CC2CCCC3C2C(C1)C1C2CCCC4CCCC(C42)C31. The number of fused-ring (bicyclic) bond motifs is 5. The maximum absolute atomic E-state index is 1.64. The van der Waals surface area contributed by atoms with Crippen LogP contribution in [0.2, 0.25) is 0 Å². The second-order valence-electron chi connectivity index (χ2n) is 10.2. The van der Waals surface area contributed by atoms with Crippen LogP contribution in [0.1, 0.15) is 77.0 Å². The first-order chi connectivity index (χ1) is 10.9. The zero-order valence-corrected chi connectivity index (χ0v) is 14.3. The molecule has 6 aliphatic rings. The van der Waals surface area contributed by atoms with Crippen LogP contribution in [0.5, 0.6) is 0 Å². The van der Waals surface area contributed by atoms with Crippen LogP contribution in [0.15, 0.2) is 0 Å². The Morgan fingerprint density at radius 2 is 0.636 bits per heavy atom. The van der Waals surface area contributed by atoms with Gasteiger partial charge in [-0.3, -0.25) is 0 Å². The van der Waals surface area contributed by atoms with Gasteiger partial charge in [0.1, 0.15) is 0 Å². The topological polar surface area (TPSA) is 0 Å². The van der Waals surface area contributed by atoms with Crippen LogP contribution < -0.4 is 0 Å². The minimum Gasteiger partial charge on any atom is -0.0527 e. The number of rotatable bonds is 0. The predicted molar refractivity (Wildman–Crippen MR) is 90.3 cm³/mol. The average Bonchev–Trinajstić information content (AvgIpc) is 3.07. The van der Waals surface area contributed by atoms with E-state index in [0.717, 1.165) is 0 Å². The van der Waals surface area contributed by atoms with E-state index in [-0.39, 0.29) is 0 Å². The smallest absolute Gasteiger partial charge is 0.0318 e. The summed E-state index contributed by atoms with van der Waals surface area (Å²) in [6.45, 7) is 0. The van der Waals surface area contributed by atoms with Crippen LogP contribution in [0, 0.1) is 59.2 Å². The van der Waals surface area contributed by atoms with Crippen LogP contribution in [-0.2, 0) is 0 Å². The summed E-state index contributed by atoms with van der Waals surface area (Å²) in [7, 11) is 0. The molecule has 0 saturated heterocycles. The molecule has 122 valence electrons. The van der Waals surface area contributed by atoms with E-state index >= 15 is 0 Å². The highest BCUT2D eigenvalue weighted by atomic mass is 14.7. The molecule has 0 heteroatoms. The normalized spacial score (nSPS) is 62.2. The first-order valence-electron chi connectivity index (χ1n) is 10.9. The average molecular weight is 299 g/mol. The van der Waals surface area contributed by atoms with Crippen molar-refractivity contribution in [1.29, 1.82) is 0 Å². The molecule has 6 rings (SSSR count). The van der Waals surface area contributed by atoms with Crippen molar-refractivity contribution in [2.24, 2.45) is 59.2 Å². The molecule has 22 heavy (non-hydrogen) atoms. The molecule has 6 aliphatic carbocycles. The Balaban J connectivity index is 1.43. The molecule has 0 nitrogen and oxygen atoms in total. The fourth-order valence-electron chi connectivity index (χ4n) is 9.90. The lowest BCUT2D eigenvalue weighted by Crippen LogP contribution is -2.40. The highest BCUT2D eigenvalue weighted by Crippen LogP contribution is 2.71. The molecule has 0 radical (unpaired) electrons. The van der Waals surface area contributed by atoms with Gasteiger partial charge in [0.25, 0.3) is 0 Å². The highest BCUT2D eigenvalue weighted by molar-refractivity contribution is 5.13. The van der Waals surface area contributed by atoms with E-state index in [1.165, 1.54) is 59.2 Å². The largest absolute Gasteiger partial charge is 0.0527 e. The zero-order valence-electron chi connectivity index (χ0n) is 14.3. The van der Waals surface area contributed by atoms with E-state index in [0.29, 0.717) is 0 Å². The van der Waals surface area contributed by atoms with Gasteiger partial charge in [0.2, 0.25) is 0 Å². The van der Waals surface area contributed by atoms with Gasteiger partial charge >= 0.3 is 0 Å². The highest BCUT2D eigenvalue weighted by Gasteiger charge is 2.65. The van der Waals surface area contributed by atoms with Crippen molar-refractivity contribution in [1.82, 2.24) is 0 Å². The summed E-state index contributed by atoms with van der Waals surface area (Å²) in [5, 5.41) is 0. The van der Waals surface area contributed by atoms with E-state index in [1.54, 1.807) is 77.0 Å². The van der Waals surface area contributed by atoms with Crippen molar-refractivity contribution < 1.29 is 0 Å². The lowest BCUT2D eigenvalue weighted by Gasteiger charge is -2.48. The summed E-state index contributed by atoms with van der Waals surface area (Å²) in [4.78, 5) is 0. The van der Waals surface area contributed by atoms with E-state index in [4.69, 9.17) is 0 Å². The van der Waals surface area contributed by atoms with Crippen LogP contribution in [-0.4, -0.2) is 0 Å². The Bertz CT molecular complexity index is 375. The van der Waals surface area contributed by atoms with Crippen molar-refractivity contribution in [2.45, 2.75) is 77.0 Å². The minimum atomic E-state index is 1.17. The van der Waals surface area contributed by atoms with Crippen molar-refractivity contribution in [3.05, 3.63) is 0 Å². The molecule has 0 bridgehead atoms. The van der Waals surface area contributed by atoms with Gasteiger partial charge in [-0.2, -0.15) is 0 Å². The van der Waals surface area contributed by atoms with E-state index in [1.807, 2.05) is 0 Å². The number of hydrogen-bond acceptors (Lipinski definition) is 0. The molecule has 0 aliphatic heterocycles.